The molecule has 2 atom stereocenters. The molecule has 1 aliphatic carbocycles. The molecule has 0 bridgehead atoms. The van der Waals surface area contributed by atoms with E-state index in [4.69, 9.17) is 31.0 Å². The molecule has 2 N–H and O–H groups in total. The number of carbonyl (C=O) groups excluding carboxylic acids is 2. The van der Waals surface area contributed by atoms with Crippen LogP contribution in [0.5, 0.6) is 5.88 Å². The van der Waals surface area contributed by atoms with Crippen molar-refractivity contribution in [2.24, 2.45) is 0 Å². The standard InChI is InChI=1S/C21H22ClFN6O4.CH2O2/c1-10-17(23)13-5-11(6-14(13)18(22)25-10)28(2)4-3-12-8-29(21(31)33-12)15-7-24-20-19(26-15)27-16(30)9-32-20;2-1-3/h7,11-12H,3-6,8-9H2,1-2H3,(H,26,27,30);1H,(H,2,3). The molecule has 0 aromatic carbocycles. The number of aromatic nitrogens is 3. The number of cyclic esters (lactones) is 1. The van der Waals surface area contributed by atoms with E-state index in [0.717, 1.165) is 5.56 Å². The molecule has 0 radical (unpaired) electrons. The van der Waals surface area contributed by atoms with Gasteiger partial charge in [-0.3, -0.25) is 14.5 Å². The van der Waals surface area contributed by atoms with E-state index in [1.165, 1.54) is 11.1 Å². The van der Waals surface area contributed by atoms with E-state index in [-0.39, 0.29) is 54.5 Å². The number of hydrogen-bond donors (Lipinski definition) is 2. The van der Waals surface area contributed by atoms with Gasteiger partial charge in [0, 0.05) is 12.6 Å². The van der Waals surface area contributed by atoms with Crippen LogP contribution in [0.4, 0.5) is 20.8 Å². The predicted octanol–water partition coefficient (Wildman–Crippen LogP) is 1.82. The Bertz CT molecular complexity index is 1200. The third kappa shape index (κ3) is 5.16. The Hall–Kier alpha value is -3.58. The van der Waals surface area contributed by atoms with Crippen LogP contribution >= 0.6 is 11.6 Å². The van der Waals surface area contributed by atoms with Gasteiger partial charge in [0.1, 0.15) is 17.1 Å². The summed E-state index contributed by atoms with van der Waals surface area (Å²) in [6.07, 6.45) is 2.34. The smallest absolute Gasteiger partial charge is 0.415 e. The zero-order valence-electron chi connectivity index (χ0n) is 19.5. The molecule has 192 valence electrons. The minimum atomic E-state index is -0.524. The molecule has 1 saturated heterocycles. The van der Waals surface area contributed by atoms with Gasteiger partial charge in [0.2, 0.25) is 0 Å². The minimum absolute atomic E-state index is 0.0962. The summed E-state index contributed by atoms with van der Waals surface area (Å²) in [5.41, 5.74) is 1.73. The molecule has 3 aliphatic rings. The summed E-state index contributed by atoms with van der Waals surface area (Å²) in [6, 6.07) is 0.0962. The quantitative estimate of drug-likeness (QED) is 0.440. The first-order valence-corrected chi connectivity index (χ1v) is 11.5. The summed E-state index contributed by atoms with van der Waals surface area (Å²) >= 11 is 6.24. The van der Waals surface area contributed by atoms with Crippen molar-refractivity contribution in [1.82, 2.24) is 19.9 Å². The second-order valence-corrected chi connectivity index (χ2v) is 8.89. The van der Waals surface area contributed by atoms with Crippen molar-refractivity contribution in [2.75, 3.05) is 37.0 Å². The fourth-order valence-corrected chi connectivity index (χ4v) is 4.71. The van der Waals surface area contributed by atoms with Crippen LogP contribution in [0, 0.1) is 12.7 Å². The van der Waals surface area contributed by atoms with E-state index in [0.29, 0.717) is 48.8 Å². The molecule has 1 fully saturated rings. The van der Waals surface area contributed by atoms with Crippen LogP contribution in [0.25, 0.3) is 0 Å². The molecule has 36 heavy (non-hydrogen) atoms. The van der Waals surface area contributed by atoms with Gasteiger partial charge >= 0.3 is 6.09 Å². The maximum atomic E-state index is 14.5. The number of anilines is 2. The van der Waals surface area contributed by atoms with Crippen molar-refractivity contribution in [3.05, 3.63) is 34.0 Å². The van der Waals surface area contributed by atoms with Crippen LogP contribution in [0.2, 0.25) is 5.15 Å². The van der Waals surface area contributed by atoms with Gasteiger partial charge < -0.3 is 24.8 Å². The van der Waals surface area contributed by atoms with E-state index in [1.807, 2.05) is 7.05 Å². The molecule has 12 nitrogen and oxygen atoms in total. The number of rotatable bonds is 5. The Morgan fingerprint density at radius 1 is 1.33 bits per heavy atom. The third-order valence-corrected chi connectivity index (χ3v) is 6.56. The summed E-state index contributed by atoms with van der Waals surface area (Å²) in [4.78, 5) is 48.3. The highest BCUT2D eigenvalue weighted by molar-refractivity contribution is 6.30. The molecule has 0 saturated carbocycles. The number of pyridine rings is 1. The van der Waals surface area contributed by atoms with Gasteiger partial charge in [0.25, 0.3) is 18.3 Å². The van der Waals surface area contributed by atoms with Crippen LogP contribution < -0.4 is 15.0 Å². The largest absolute Gasteiger partial charge is 0.483 e. The van der Waals surface area contributed by atoms with E-state index >= 15 is 0 Å². The monoisotopic (exact) mass is 522 g/mol. The first-order chi connectivity index (χ1) is 17.2. The second kappa shape index (κ2) is 10.6. The molecule has 2 aromatic rings. The third-order valence-electron chi connectivity index (χ3n) is 6.24. The highest BCUT2D eigenvalue weighted by Crippen LogP contribution is 2.33. The van der Waals surface area contributed by atoms with Gasteiger partial charge in [-0.15, -0.1) is 0 Å². The Balaban J connectivity index is 0.000000967. The lowest BCUT2D eigenvalue weighted by Crippen LogP contribution is -2.35. The van der Waals surface area contributed by atoms with Gasteiger partial charge in [0.05, 0.1) is 18.4 Å². The zero-order valence-corrected chi connectivity index (χ0v) is 20.3. The highest BCUT2D eigenvalue weighted by Gasteiger charge is 2.36. The molecule has 14 heteroatoms. The molecular formula is C22H24ClFN6O6. The van der Waals surface area contributed by atoms with Crippen LogP contribution in [0.1, 0.15) is 23.2 Å². The van der Waals surface area contributed by atoms with Crippen molar-refractivity contribution in [1.29, 1.82) is 0 Å². The lowest BCUT2D eigenvalue weighted by molar-refractivity contribution is -0.123. The van der Waals surface area contributed by atoms with Crippen LogP contribution in [0.3, 0.4) is 0 Å². The number of aryl methyl sites for hydroxylation is 1. The molecule has 2 aliphatic heterocycles. The lowest BCUT2D eigenvalue weighted by atomic mass is 10.1. The number of nitrogens with zero attached hydrogens (tertiary/aromatic N) is 5. The minimum Gasteiger partial charge on any atom is -0.483 e. The molecule has 4 heterocycles. The normalized spacial score (nSPS) is 20.1. The van der Waals surface area contributed by atoms with Crippen LogP contribution in [-0.2, 0) is 27.2 Å². The number of fused-ring (bicyclic) bond motifs is 2. The lowest BCUT2D eigenvalue weighted by Gasteiger charge is -2.25. The van der Waals surface area contributed by atoms with Gasteiger partial charge in [0.15, 0.2) is 18.2 Å². The van der Waals surface area contributed by atoms with Gasteiger partial charge in [-0.2, -0.15) is 0 Å². The summed E-state index contributed by atoms with van der Waals surface area (Å²) in [7, 11) is 1.97. The maximum absolute atomic E-state index is 14.5. The zero-order chi connectivity index (χ0) is 26.0. The summed E-state index contributed by atoms with van der Waals surface area (Å²) in [5, 5.41) is 9.83. The average Bonchev–Trinajstić information content (AvgIpc) is 3.46. The molecule has 0 spiro atoms. The fourth-order valence-electron chi connectivity index (χ4n) is 4.39. The molecule has 2 aromatic heterocycles. The van der Waals surface area contributed by atoms with E-state index in [2.05, 4.69) is 25.2 Å². The van der Waals surface area contributed by atoms with E-state index < -0.39 is 6.09 Å². The van der Waals surface area contributed by atoms with Crippen molar-refractivity contribution in [2.45, 2.75) is 38.3 Å². The number of hydrogen-bond acceptors (Lipinski definition) is 9. The van der Waals surface area contributed by atoms with Crippen molar-refractivity contribution in [3.8, 4) is 5.88 Å². The topological polar surface area (TPSA) is 147 Å². The average molecular weight is 523 g/mol. The molecule has 2 amide bonds. The van der Waals surface area contributed by atoms with Crippen LogP contribution in [-0.4, -0.2) is 82.3 Å². The SMILES string of the molecule is Cc1nc(Cl)c2c(c1F)CC(N(C)CCC1CN(c3cnc4c(n3)NC(=O)CO4)C(=O)O1)C2.O=CO. The highest BCUT2D eigenvalue weighted by atomic mass is 35.5. The Morgan fingerprint density at radius 2 is 2.06 bits per heavy atom. The van der Waals surface area contributed by atoms with Gasteiger partial charge in [-0.1, -0.05) is 11.6 Å². The maximum Gasteiger partial charge on any atom is 0.415 e. The van der Waals surface area contributed by atoms with Crippen molar-refractivity contribution in [3.63, 3.8) is 0 Å². The Labute approximate surface area is 210 Å². The Kier molecular flexibility index (Phi) is 7.50. The second-order valence-electron chi connectivity index (χ2n) is 8.53. The number of carboxylic acid groups (broad SMARTS) is 1. The number of halogens is 2. The molecular weight excluding hydrogens is 499 g/mol. The predicted molar refractivity (Wildman–Crippen MR) is 125 cm³/mol. The first-order valence-electron chi connectivity index (χ1n) is 11.1. The molecule has 2 unspecified atom stereocenters. The number of likely N-dealkylation sites (N-methyl/N-ethyl adjacent to an activating group) is 1. The van der Waals surface area contributed by atoms with E-state index in [1.54, 1.807) is 6.92 Å². The van der Waals surface area contributed by atoms with Gasteiger partial charge in [-0.25, -0.2) is 24.1 Å². The van der Waals surface area contributed by atoms with Crippen LogP contribution in [0.15, 0.2) is 6.20 Å². The van der Waals surface area contributed by atoms with E-state index in [9.17, 15) is 14.0 Å². The Morgan fingerprint density at radius 3 is 2.81 bits per heavy atom. The number of amides is 2. The summed E-state index contributed by atoms with van der Waals surface area (Å²) in [6.45, 7) is 2.20. The summed E-state index contributed by atoms with van der Waals surface area (Å²) in [5.74, 6) is 0.0535. The number of ether oxygens (including phenoxy) is 2. The van der Waals surface area contributed by atoms with Crippen molar-refractivity contribution >= 4 is 41.7 Å². The fraction of sp³-hybridized carbons (Fsp3) is 0.455. The number of nitrogens with one attached hydrogen (secondary N) is 1. The number of carbonyl (C=O) groups is 3. The van der Waals surface area contributed by atoms with Crippen molar-refractivity contribution < 1.29 is 33.4 Å². The first kappa shape index (κ1) is 25.5. The molecule has 5 rings (SSSR count). The summed E-state index contributed by atoms with van der Waals surface area (Å²) < 4.78 is 25.2. The van der Waals surface area contributed by atoms with Gasteiger partial charge in [-0.05, 0) is 44.4 Å².